The summed E-state index contributed by atoms with van der Waals surface area (Å²) in [6.07, 6.45) is 10.2. The van der Waals surface area contributed by atoms with Gasteiger partial charge in [-0.05, 0) is 48.6 Å². The van der Waals surface area contributed by atoms with Crippen LogP contribution in [0.4, 0.5) is 0 Å². The van der Waals surface area contributed by atoms with Crippen LogP contribution in [0.15, 0.2) is 53.6 Å². The van der Waals surface area contributed by atoms with Crippen molar-refractivity contribution in [3.63, 3.8) is 0 Å². The lowest BCUT2D eigenvalue weighted by atomic mass is 9.96. The van der Waals surface area contributed by atoms with Crippen LogP contribution >= 0.6 is 0 Å². The predicted octanol–water partition coefficient (Wildman–Crippen LogP) is 4.59. The van der Waals surface area contributed by atoms with Gasteiger partial charge in [0.05, 0.1) is 4.90 Å². The molecule has 1 aliphatic rings. The van der Waals surface area contributed by atoms with Crippen molar-refractivity contribution in [3.8, 4) is 11.8 Å². The fourth-order valence-corrected chi connectivity index (χ4v) is 4.65. The lowest BCUT2D eigenvalue weighted by Crippen LogP contribution is -1.98. The van der Waals surface area contributed by atoms with Gasteiger partial charge in [-0.15, -0.1) is 0 Å². The van der Waals surface area contributed by atoms with Crippen LogP contribution in [0.2, 0.25) is 0 Å². The Hall–Kier alpha value is -2.88. The molecule has 0 amide bonds. The van der Waals surface area contributed by atoms with Gasteiger partial charge in [0.25, 0.3) is 0 Å². The van der Waals surface area contributed by atoms with Crippen molar-refractivity contribution >= 4 is 26.4 Å². The third-order valence-electron chi connectivity index (χ3n) is 5.61. The smallest absolute Gasteiger partial charge is 0.175 e. The van der Waals surface area contributed by atoms with Gasteiger partial charge >= 0.3 is 0 Å². The van der Waals surface area contributed by atoms with Crippen LogP contribution in [0.3, 0.4) is 0 Å². The highest BCUT2D eigenvalue weighted by molar-refractivity contribution is 7.90. The van der Waals surface area contributed by atoms with Gasteiger partial charge in [0, 0.05) is 41.8 Å². The number of ether oxygens (including phenoxy) is 1. The highest BCUT2D eigenvalue weighted by atomic mass is 32.2. The van der Waals surface area contributed by atoms with Gasteiger partial charge in [-0.25, -0.2) is 13.4 Å². The van der Waals surface area contributed by atoms with Crippen LogP contribution in [-0.4, -0.2) is 38.4 Å². The zero-order valence-corrected chi connectivity index (χ0v) is 18.6. The molecule has 0 aliphatic heterocycles. The molecule has 1 saturated carbocycles. The van der Waals surface area contributed by atoms with E-state index in [0.29, 0.717) is 17.4 Å². The number of methoxy groups -OCH3 is 1. The summed E-state index contributed by atoms with van der Waals surface area (Å²) in [5, 5.41) is 0.990. The quantitative estimate of drug-likeness (QED) is 0.597. The molecule has 3 aromatic rings. The number of H-pyrrole nitrogens is 1. The molecular weight excluding hydrogens is 408 g/mol. The Labute approximate surface area is 183 Å². The molecule has 2 aromatic heterocycles. The van der Waals surface area contributed by atoms with Crippen LogP contribution in [0.1, 0.15) is 42.5 Å². The lowest BCUT2D eigenvalue weighted by Gasteiger charge is -2.11. The van der Waals surface area contributed by atoms with Crippen molar-refractivity contribution in [3.05, 3.63) is 65.5 Å². The maximum atomic E-state index is 11.9. The van der Waals surface area contributed by atoms with E-state index in [9.17, 15) is 8.42 Å². The van der Waals surface area contributed by atoms with Gasteiger partial charge < -0.3 is 9.72 Å². The van der Waals surface area contributed by atoms with Gasteiger partial charge in [-0.1, -0.05) is 42.9 Å². The Kier molecular flexibility index (Phi) is 6.26. The molecular formula is C25H26N2O3S. The molecule has 2 heterocycles. The summed E-state index contributed by atoms with van der Waals surface area (Å²) in [6, 6.07) is 11.2. The number of fused-ring (bicyclic) bond motifs is 1. The zero-order valence-electron chi connectivity index (χ0n) is 17.8. The third kappa shape index (κ3) is 5.07. The molecule has 0 radical (unpaired) electrons. The number of hydrogen-bond donors (Lipinski definition) is 1. The van der Waals surface area contributed by atoms with E-state index in [0.717, 1.165) is 33.4 Å². The number of nitrogens with zero attached hydrogens (tertiary/aromatic N) is 1. The van der Waals surface area contributed by atoms with E-state index >= 15 is 0 Å². The summed E-state index contributed by atoms with van der Waals surface area (Å²) in [5.41, 5.74) is 4.69. The van der Waals surface area contributed by atoms with E-state index in [1.165, 1.54) is 31.9 Å². The summed E-state index contributed by atoms with van der Waals surface area (Å²) in [7, 11) is -1.61. The van der Waals surface area contributed by atoms with Crippen LogP contribution in [0.5, 0.6) is 0 Å². The molecule has 1 N–H and O–H groups in total. The Balaban J connectivity index is 1.75. The van der Waals surface area contributed by atoms with Crippen LogP contribution < -0.4 is 0 Å². The standard InChI is InChI=1S/C25H26N2O3S/c1-30-13-5-8-19-14-21-16-24(27-25(21)26-17-19)23(15-18-6-3-4-7-18)20-9-11-22(12-10-20)31(2,28)29/h9-12,14-18H,3-4,6-7,13H2,1-2H3,(H,26,27)/b23-15+. The minimum atomic E-state index is -3.23. The molecule has 1 aliphatic carbocycles. The molecule has 6 heteroatoms. The van der Waals surface area contributed by atoms with Gasteiger partial charge in [-0.3, -0.25) is 0 Å². The van der Waals surface area contributed by atoms with Crippen molar-refractivity contribution in [1.82, 2.24) is 9.97 Å². The average molecular weight is 435 g/mol. The zero-order chi connectivity index (χ0) is 21.8. The van der Waals surface area contributed by atoms with Crippen LogP contribution in [0.25, 0.3) is 16.6 Å². The van der Waals surface area contributed by atoms with Crippen molar-refractivity contribution in [1.29, 1.82) is 0 Å². The molecule has 0 bridgehead atoms. The Morgan fingerprint density at radius 1 is 1.23 bits per heavy atom. The molecule has 4 rings (SSSR count). The van der Waals surface area contributed by atoms with Crippen LogP contribution in [-0.2, 0) is 14.6 Å². The minimum Gasteiger partial charge on any atom is -0.372 e. The molecule has 31 heavy (non-hydrogen) atoms. The topological polar surface area (TPSA) is 72.0 Å². The highest BCUT2D eigenvalue weighted by Gasteiger charge is 2.17. The van der Waals surface area contributed by atoms with Crippen LogP contribution in [0, 0.1) is 17.8 Å². The van der Waals surface area contributed by atoms with Gasteiger partial charge in [0.15, 0.2) is 9.84 Å². The minimum absolute atomic E-state index is 0.328. The summed E-state index contributed by atoms with van der Waals surface area (Å²) in [5.74, 6) is 6.55. The Morgan fingerprint density at radius 3 is 2.65 bits per heavy atom. The Morgan fingerprint density at radius 2 is 1.97 bits per heavy atom. The maximum Gasteiger partial charge on any atom is 0.175 e. The van der Waals surface area contributed by atoms with E-state index in [4.69, 9.17) is 4.74 Å². The van der Waals surface area contributed by atoms with Crippen molar-refractivity contribution < 1.29 is 13.2 Å². The number of benzene rings is 1. The van der Waals surface area contributed by atoms with E-state index in [1.54, 1.807) is 25.4 Å². The second-order valence-corrected chi connectivity index (χ2v) is 10.0. The van der Waals surface area contributed by atoms with Gasteiger partial charge in [0.1, 0.15) is 12.3 Å². The van der Waals surface area contributed by atoms with Crippen molar-refractivity contribution in [2.75, 3.05) is 20.0 Å². The van der Waals surface area contributed by atoms with Crippen molar-refractivity contribution in [2.45, 2.75) is 30.6 Å². The first-order valence-corrected chi connectivity index (χ1v) is 12.3. The molecule has 1 fully saturated rings. The normalized spacial score (nSPS) is 15.2. The van der Waals surface area contributed by atoms with E-state index < -0.39 is 9.84 Å². The summed E-state index contributed by atoms with van der Waals surface area (Å²) < 4.78 is 28.7. The second-order valence-electron chi connectivity index (χ2n) is 8.00. The SMILES string of the molecule is COCC#Cc1cnc2[nH]c(/C(=C/C3CCCC3)c3ccc(S(C)(=O)=O)cc3)cc2c1. The summed E-state index contributed by atoms with van der Waals surface area (Å²) in [4.78, 5) is 8.29. The first-order valence-electron chi connectivity index (χ1n) is 10.4. The molecule has 0 saturated heterocycles. The van der Waals surface area contributed by atoms with E-state index in [2.05, 4.69) is 34.0 Å². The predicted molar refractivity (Wildman–Crippen MR) is 123 cm³/mol. The monoisotopic (exact) mass is 434 g/mol. The number of sulfone groups is 1. The fraction of sp³-hybridized carbons (Fsp3) is 0.320. The molecule has 160 valence electrons. The third-order valence-corrected chi connectivity index (χ3v) is 6.73. The van der Waals surface area contributed by atoms with Gasteiger partial charge in [0.2, 0.25) is 0 Å². The maximum absolute atomic E-state index is 11.9. The number of aromatic nitrogens is 2. The highest BCUT2D eigenvalue weighted by Crippen LogP contribution is 2.33. The molecule has 1 aromatic carbocycles. The number of nitrogens with one attached hydrogen (secondary N) is 1. The van der Waals surface area contributed by atoms with E-state index in [-0.39, 0.29) is 0 Å². The molecule has 5 nitrogen and oxygen atoms in total. The average Bonchev–Trinajstić information content (AvgIpc) is 3.41. The number of allylic oxidation sites excluding steroid dienone is 1. The number of aromatic amines is 1. The second kappa shape index (κ2) is 9.09. The number of hydrogen-bond acceptors (Lipinski definition) is 4. The fourth-order valence-electron chi connectivity index (χ4n) is 4.02. The first kappa shape index (κ1) is 21.4. The van der Waals surface area contributed by atoms with E-state index in [1.807, 2.05) is 18.2 Å². The molecule has 0 atom stereocenters. The Bertz CT molecular complexity index is 1270. The van der Waals surface area contributed by atoms with Crippen molar-refractivity contribution in [2.24, 2.45) is 5.92 Å². The summed E-state index contributed by atoms with van der Waals surface area (Å²) in [6.45, 7) is 0.383. The number of pyridine rings is 1. The largest absolute Gasteiger partial charge is 0.372 e. The molecule has 0 unspecified atom stereocenters. The first-order chi connectivity index (χ1) is 14.9. The van der Waals surface area contributed by atoms with Gasteiger partial charge in [-0.2, -0.15) is 0 Å². The lowest BCUT2D eigenvalue weighted by molar-refractivity contribution is 0.240. The summed E-state index contributed by atoms with van der Waals surface area (Å²) >= 11 is 0. The number of rotatable bonds is 5. The molecule has 0 spiro atoms.